The highest BCUT2D eigenvalue weighted by Gasteiger charge is 2.19. The van der Waals surface area contributed by atoms with E-state index in [4.69, 9.17) is 5.73 Å². The van der Waals surface area contributed by atoms with Gasteiger partial charge < -0.3 is 15.2 Å². The molecule has 90 valence electrons. The molecule has 1 aliphatic heterocycles. The summed E-state index contributed by atoms with van der Waals surface area (Å²) in [5.74, 6) is 0. The van der Waals surface area contributed by atoms with Crippen molar-refractivity contribution in [2.75, 3.05) is 18.0 Å². The summed E-state index contributed by atoms with van der Waals surface area (Å²) < 4.78 is 2.06. The van der Waals surface area contributed by atoms with Gasteiger partial charge in [-0.2, -0.15) is 0 Å². The monoisotopic (exact) mass is 230 g/mol. The molecule has 1 atom stereocenters. The Hall–Kier alpha value is -1.55. The van der Waals surface area contributed by atoms with Crippen molar-refractivity contribution in [2.24, 2.45) is 12.8 Å². The standard InChI is InChI=1S/C13H18N4/c1-16-8-5-11-12(4-6-15-13(11)16)17-7-2-3-10(14)9-17/h4-6,8,10H,2-3,7,9,14H2,1H3. The first kappa shape index (κ1) is 10.6. The van der Waals surface area contributed by atoms with Gasteiger partial charge >= 0.3 is 0 Å². The molecular formula is C13H18N4. The molecule has 0 amide bonds. The number of pyridine rings is 1. The summed E-state index contributed by atoms with van der Waals surface area (Å²) in [4.78, 5) is 6.81. The Kier molecular flexibility index (Phi) is 2.52. The lowest BCUT2D eigenvalue weighted by Gasteiger charge is -2.32. The smallest absolute Gasteiger partial charge is 0.141 e. The number of nitrogens with zero attached hydrogens (tertiary/aromatic N) is 3. The summed E-state index contributed by atoms with van der Waals surface area (Å²) in [5.41, 5.74) is 8.36. The van der Waals surface area contributed by atoms with E-state index in [-0.39, 0.29) is 0 Å². The lowest BCUT2D eigenvalue weighted by molar-refractivity contribution is 0.507. The van der Waals surface area contributed by atoms with Crippen LogP contribution in [0.4, 0.5) is 5.69 Å². The molecule has 0 bridgehead atoms. The number of hydrogen-bond donors (Lipinski definition) is 1. The topological polar surface area (TPSA) is 47.1 Å². The highest BCUT2D eigenvalue weighted by Crippen LogP contribution is 2.27. The van der Waals surface area contributed by atoms with Crippen molar-refractivity contribution in [1.82, 2.24) is 9.55 Å². The highest BCUT2D eigenvalue weighted by atomic mass is 15.2. The Labute approximate surface area is 101 Å². The van der Waals surface area contributed by atoms with E-state index in [1.165, 1.54) is 17.5 Å². The maximum absolute atomic E-state index is 6.05. The minimum Gasteiger partial charge on any atom is -0.369 e. The van der Waals surface area contributed by atoms with Gasteiger partial charge in [0.15, 0.2) is 0 Å². The summed E-state index contributed by atoms with van der Waals surface area (Å²) >= 11 is 0. The van der Waals surface area contributed by atoms with Crippen LogP contribution in [0, 0.1) is 0 Å². The molecule has 0 aromatic carbocycles. The normalized spacial score (nSPS) is 21.1. The fourth-order valence-electron chi connectivity index (χ4n) is 2.65. The van der Waals surface area contributed by atoms with E-state index in [2.05, 4.69) is 32.8 Å². The van der Waals surface area contributed by atoms with Gasteiger partial charge in [-0.3, -0.25) is 0 Å². The second kappa shape index (κ2) is 4.04. The number of hydrogen-bond acceptors (Lipinski definition) is 3. The van der Waals surface area contributed by atoms with Crippen LogP contribution in [0.25, 0.3) is 11.0 Å². The largest absolute Gasteiger partial charge is 0.369 e. The number of rotatable bonds is 1. The molecule has 17 heavy (non-hydrogen) atoms. The molecule has 2 N–H and O–H groups in total. The van der Waals surface area contributed by atoms with E-state index in [0.717, 1.165) is 25.2 Å². The first-order valence-electron chi connectivity index (χ1n) is 6.16. The van der Waals surface area contributed by atoms with Crippen molar-refractivity contribution in [3.8, 4) is 0 Å². The van der Waals surface area contributed by atoms with Gasteiger partial charge in [0.05, 0.1) is 0 Å². The third kappa shape index (κ3) is 1.78. The fourth-order valence-corrected chi connectivity index (χ4v) is 2.65. The van der Waals surface area contributed by atoms with Crippen LogP contribution >= 0.6 is 0 Å². The van der Waals surface area contributed by atoms with Crippen molar-refractivity contribution < 1.29 is 0 Å². The van der Waals surface area contributed by atoms with Crippen molar-refractivity contribution in [3.05, 3.63) is 24.5 Å². The Morgan fingerprint density at radius 1 is 1.41 bits per heavy atom. The first-order valence-corrected chi connectivity index (χ1v) is 6.16. The number of aryl methyl sites for hydroxylation is 1. The molecule has 0 saturated carbocycles. The van der Waals surface area contributed by atoms with E-state index >= 15 is 0 Å². The molecule has 4 heteroatoms. The van der Waals surface area contributed by atoms with Gasteiger partial charge in [0, 0.05) is 49.6 Å². The van der Waals surface area contributed by atoms with E-state index in [9.17, 15) is 0 Å². The van der Waals surface area contributed by atoms with E-state index in [0.29, 0.717) is 6.04 Å². The third-order valence-corrected chi connectivity index (χ3v) is 3.54. The Morgan fingerprint density at radius 3 is 3.12 bits per heavy atom. The summed E-state index contributed by atoms with van der Waals surface area (Å²) in [5, 5.41) is 1.23. The molecule has 1 fully saturated rings. The molecule has 4 nitrogen and oxygen atoms in total. The zero-order valence-corrected chi connectivity index (χ0v) is 10.1. The quantitative estimate of drug-likeness (QED) is 0.807. The predicted molar refractivity (Wildman–Crippen MR) is 70.1 cm³/mol. The van der Waals surface area contributed by atoms with E-state index < -0.39 is 0 Å². The molecule has 2 aromatic heterocycles. The summed E-state index contributed by atoms with van der Waals surface area (Å²) in [7, 11) is 2.03. The van der Waals surface area contributed by atoms with Gasteiger partial charge in [-0.05, 0) is 25.0 Å². The van der Waals surface area contributed by atoms with Gasteiger partial charge in [0.25, 0.3) is 0 Å². The minimum atomic E-state index is 0.302. The van der Waals surface area contributed by atoms with Crippen LogP contribution in [0.3, 0.4) is 0 Å². The van der Waals surface area contributed by atoms with Crippen molar-refractivity contribution in [1.29, 1.82) is 0 Å². The molecule has 3 heterocycles. The molecule has 1 aliphatic rings. The molecule has 3 rings (SSSR count). The molecular weight excluding hydrogens is 212 g/mol. The van der Waals surface area contributed by atoms with E-state index in [1.54, 1.807) is 0 Å². The molecule has 0 radical (unpaired) electrons. The van der Waals surface area contributed by atoms with Crippen molar-refractivity contribution in [3.63, 3.8) is 0 Å². The van der Waals surface area contributed by atoms with E-state index in [1.807, 2.05) is 13.2 Å². The first-order chi connectivity index (χ1) is 8.25. The SMILES string of the molecule is Cn1ccc2c(N3CCCC(N)C3)ccnc21. The van der Waals surface area contributed by atoms with Crippen LogP contribution in [-0.2, 0) is 7.05 Å². The molecule has 2 aromatic rings. The molecule has 0 aliphatic carbocycles. The molecule has 1 unspecified atom stereocenters. The van der Waals surface area contributed by atoms with Crippen molar-refractivity contribution >= 4 is 16.7 Å². The minimum absolute atomic E-state index is 0.302. The van der Waals surface area contributed by atoms with Crippen LogP contribution in [0.2, 0.25) is 0 Å². The second-order valence-electron chi connectivity index (χ2n) is 4.84. The predicted octanol–water partition coefficient (Wildman–Crippen LogP) is 1.50. The maximum Gasteiger partial charge on any atom is 0.141 e. The van der Waals surface area contributed by atoms with Gasteiger partial charge in [-0.15, -0.1) is 0 Å². The van der Waals surface area contributed by atoms with Gasteiger partial charge in [0.2, 0.25) is 0 Å². The molecule has 0 spiro atoms. The van der Waals surface area contributed by atoms with Crippen LogP contribution < -0.4 is 10.6 Å². The maximum atomic E-state index is 6.05. The number of nitrogens with two attached hydrogens (primary N) is 1. The van der Waals surface area contributed by atoms with Gasteiger partial charge in [-0.1, -0.05) is 0 Å². The van der Waals surface area contributed by atoms with Crippen LogP contribution in [0.5, 0.6) is 0 Å². The third-order valence-electron chi connectivity index (χ3n) is 3.54. The number of piperidine rings is 1. The zero-order chi connectivity index (χ0) is 11.8. The van der Waals surface area contributed by atoms with Crippen molar-refractivity contribution in [2.45, 2.75) is 18.9 Å². The van der Waals surface area contributed by atoms with Crippen LogP contribution in [0.1, 0.15) is 12.8 Å². The van der Waals surface area contributed by atoms with Crippen LogP contribution in [-0.4, -0.2) is 28.7 Å². The van der Waals surface area contributed by atoms with Crippen LogP contribution in [0.15, 0.2) is 24.5 Å². The lowest BCUT2D eigenvalue weighted by atomic mass is 10.1. The molecule has 1 saturated heterocycles. The number of fused-ring (bicyclic) bond motifs is 1. The Morgan fingerprint density at radius 2 is 2.29 bits per heavy atom. The lowest BCUT2D eigenvalue weighted by Crippen LogP contribution is -2.42. The summed E-state index contributed by atoms with van der Waals surface area (Å²) in [6, 6.07) is 4.54. The number of aromatic nitrogens is 2. The fraction of sp³-hybridized carbons (Fsp3) is 0.462. The average Bonchev–Trinajstić information content (AvgIpc) is 2.71. The second-order valence-corrected chi connectivity index (χ2v) is 4.84. The highest BCUT2D eigenvalue weighted by molar-refractivity contribution is 5.90. The van der Waals surface area contributed by atoms with Gasteiger partial charge in [-0.25, -0.2) is 4.98 Å². The zero-order valence-electron chi connectivity index (χ0n) is 10.1. The van der Waals surface area contributed by atoms with Gasteiger partial charge in [0.1, 0.15) is 5.65 Å². The summed E-state index contributed by atoms with van der Waals surface area (Å²) in [6.45, 7) is 2.05. The number of anilines is 1. The Balaban J connectivity index is 2.04. The summed E-state index contributed by atoms with van der Waals surface area (Å²) in [6.07, 6.45) is 6.26. The Bertz CT molecular complexity index is 531. The average molecular weight is 230 g/mol.